The van der Waals surface area contributed by atoms with E-state index in [1.807, 2.05) is 48.5 Å². The van der Waals surface area contributed by atoms with E-state index >= 15 is 0 Å². The normalized spacial score (nSPS) is 14.7. The predicted molar refractivity (Wildman–Crippen MR) is 173 cm³/mol. The average Bonchev–Trinajstić information content (AvgIpc) is 3.04. The molecular formula is C36H38N4O5. The third-order valence-electron chi connectivity index (χ3n) is 9.03. The fraction of sp³-hybridized carbons (Fsp3) is 0.333. The number of benzene rings is 4. The second kappa shape index (κ2) is 12.9. The van der Waals surface area contributed by atoms with Crippen LogP contribution in [0.1, 0.15) is 61.7 Å². The molecule has 2 aliphatic rings. The summed E-state index contributed by atoms with van der Waals surface area (Å²) < 4.78 is 0. The predicted octanol–water partition coefficient (Wildman–Crippen LogP) is 4.28. The van der Waals surface area contributed by atoms with Crippen LogP contribution >= 0.6 is 0 Å². The van der Waals surface area contributed by atoms with Gasteiger partial charge >= 0.3 is 0 Å². The molecule has 0 saturated carbocycles. The van der Waals surface area contributed by atoms with Gasteiger partial charge in [-0.1, -0.05) is 48.5 Å². The Morgan fingerprint density at radius 3 is 1.40 bits per heavy atom. The van der Waals surface area contributed by atoms with E-state index < -0.39 is 0 Å². The molecule has 4 aromatic carbocycles. The number of rotatable bonds is 13. The molecule has 0 atom stereocenters. The lowest BCUT2D eigenvalue weighted by molar-refractivity contribution is 0.0577. The lowest BCUT2D eigenvalue weighted by Gasteiger charge is -2.33. The summed E-state index contributed by atoms with van der Waals surface area (Å²) in [5.74, 6) is -1.11. The van der Waals surface area contributed by atoms with E-state index in [1.54, 1.807) is 24.3 Å². The number of nitrogens with zero attached hydrogens (tertiary/aromatic N) is 4. The molecule has 6 rings (SSSR count). The molecule has 9 nitrogen and oxygen atoms in total. The molecule has 0 bridgehead atoms. The number of hydrogen-bond acceptors (Lipinski definition) is 7. The maximum atomic E-state index is 13.3. The van der Waals surface area contributed by atoms with Crippen molar-refractivity contribution in [2.75, 3.05) is 52.4 Å². The van der Waals surface area contributed by atoms with Gasteiger partial charge in [-0.05, 0) is 68.4 Å². The van der Waals surface area contributed by atoms with Gasteiger partial charge in [0.25, 0.3) is 23.6 Å². The van der Waals surface area contributed by atoms with Crippen LogP contribution in [0.5, 0.6) is 0 Å². The van der Waals surface area contributed by atoms with Crippen LogP contribution in [0.2, 0.25) is 0 Å². The highest BCUT2D eigenvalue weighted by Crippen LogP contribution is 2.31. The second-order valence-corrected chi connectivity index (χ2v) is 12.0. The van der Waals surface area contributed by atoms with Gasteiger partial charge in [0.05, 0.1) is 6.61 Å². The van der Waals surface area contributed by atoms with Crippen LogP contribution in [0, 0.1) is 0 Å². The van der Waals surface area contributed by atoms with Gasteiger partial charge in [0.1, 0.15) is 0 Å². The Hall–Kier alpha value is -4.44. The highest BCUT2D eigenvalue weighted by molar-refractivity contribution is 6.26. The van der Waals surface area contributed by atoms with Crippen LogP contribution in [-0.2, 0) is 0 Å². The van der Waals surface area contributed by atoms with E-state index in [-0.39, 0.29) is 49.4 Å². The number of aliphatic hydroxyl groups excluding tert-OH is 1. The molecule has 0 saturated heterocycles. The third kappa shape index (κ3) is 5.75. The van der Waals surface area contributed by atoms with Crippen molar-refractivity contribution >= 4 is 45.2 Å². The Morgan fingerprint density at radius 2 is 1.00 bits per heavy atom. The van der Waals surface area contributed by atoms with Gasteiger partial charge in [0, 0.05) is 71.8 Å². The molecule has 4 amide bonds. The first-order chi connectivity index (χ1) is 21.8. The van der Waals surface area contributed by atoms with Gasteiger partial charge in [0.2, 0.25) is 0 Å². The molecule has 0 aliphatic carbocycles. The molecule has 0 radical (unpaired) electrons. The van der Waals surface area contributed by atoms with Crippen LogP contribution in [-0.4, -0.2) is 107 Å². The smallest absolute Gasteiger partial charge is 0.261 e. The van der Waals surface area contributed by atoms with E-state index in [0.29, 0.717) is 53.8 Å². The Kier molecular flexibility index (Phi) is 8.76. The summed E-state index contributed by atoms with van der Waals surface area (Å²) in [4.78, 5) is 60.3. The van der Waals surface area contributed by atoms with E-state index in [0.717, 1.165) is 29.1 Å². The van der Waals surface area contributed by atoms with Crippen molar-refractivity contribution in [1.82, 2.24) is 19.6 Å². The van der Waals surface area contributed by atoms with Crippen molar-refractivity contribution in [2.24, 2.45) is 0 Å². The molecule has 2 aliphatic heterocycles. The van der Waals surface area contributed by atoms with Crippen molar-refractivity contribution in [3.05, 3.63) is 95.1 Å². The first-order valence-electron chi connectivity index (χ1n) is 15.6. The van der Waals surface area contributed by atoms with Crippen molar-refractivity contribution in [1.29, 1.82) is 0 Å². The molecule has 0 aromatic heterocycles. The number of amides is 4. The molecule has 0 unspecified atom stereocenters. The topological polar surface area (TPSA) is 101 Å². The van der Waals surface area contributed by atoms with Crippen LogP contribution in [0.4, 0.5) is 0 Å². The van der Waals surface area contributed by atoms with Gasteiger partial charge in [-0.25, -0.2) is 0 Å². The Morgan fingerprint density at radius 1 is 0.578 bits per heavy atom. The van der Waals surface area contributed by atoms with E-state index in [9.17, 15) is 24.3 Å². The molecule has 0 fully saturated rings. The SMILES string of the molecule is CC(C)N(CCCN(CCO)CCN1C(=O)c2cccc3cccc(c23)C1=O)CCN1C(=O)c2cccc3cccc(c23)C1=O. The summed E-state index contributed by atoms with van der Waals surface area (Å²) in [5, 5.41) is 12.9. The van der Waals surface area contributed by atoms with Gasteiger partial charge < -0.3 is 5.11 Å². The largest absolute Gasteiger partial charge is 0.395 e. The molecule has 4 aromatic rings. The maximum absolute atomic E-state index is 13.3. The number of imide groups is 2. The van der Waals surface area contributed by atoms with E-state index in [4.69, 9.17) is 0 Å². The summed E-state index contributed by atoms with van der Waals surface area (Å²) in [6, 6.07) is 22.3. The summed E-state index contributed by atoms with van der Waals surface area (Å²) in [6.45, 7) is 7.44. The first kappa shape index (κ1) is 30.6. The second-order valence-electron chi connectivity index (χ2n) is 12.0. The van der Waals surface area contributed by atoms with E-state index in [2.05, 4.69) is 23.6 Å². The van der Waals surface area contributed by atoms with Gasteiger partial charge in [0.15, 0.2) is 0 Å². The standard InChI is InChI=1S/C36H38N4O5/c1-24(2)38(19-21-40-35(44)29-14-5-10-26-11-6-15-30(32(26)29)36(40)45)17-7-16-37(22-23-41)18-20-39-33(42)27-12-3-8-25-9-4-13-28(31(25)27)34(39)43/h3-6,8-15,24,41H,7,16-23H2,1-2H3. The maximum Gasteiger partial charge on any atom is 0.261 e. The summed E-state index contributed by atoms with van der Waals surface area (Å²) in [6.07, 6.45) is 0.770. The molecule has 1 N–H and O–H groups in total. The Balaban J connectivity index is 1.06. The molecule has 2 heterocycles. The molecule has 9 heteroatoms. The lowest BCUT2D eigenvalue weighted by Crippen LogP contribution is -2.47. The lowest BCUT2D eigenvalue weighted by atomic mass is 9.94. The highest BCUT2D eigenvalue weighted by atomic mass is 16.3. The zero-order valence-electron chi connectivity index (χ0n) is 25.7. The van der Waals surface area contributed by atoms with Crippen molar-refractivity contribution in [3.8, 4) is 0 Å². The molecule has 0 spiro atoms. The van der Waals surface area contributed by atoms with E-state index in [1.165, 1.54) is 9.80 Å². The zero-order chi connectivity index (χ0) is 31.7. The summed E-state index contributed by atoms with van der Waals surface area (Å²) >= 11 is 0. The monoisotopic (exact) mass is 606 g/mol. The number of carbonyl (C=O) groups is 4. The Bertz CT molecular complexity index is 1700. The molecular weight excluding hydrogens is 568 g/mol. The fourth-order valence-electron chi connectivity index (χ4n) is 6.64. The minimum absolute atomic E-state index is 0.0364. The van der Waals surface area contributed by atoms with Crippen molar-refractivity contribution in [3.63, 3.8) is 0 Å². The first-order valence-corrected chi connectivity index (χ1v) is 15.6. The highest BCUT2D eigenvalue weighted by Gasteiger charge is 2.34. The van der Waals surface area contributed by atoms with Crippen LogP contribution < -0.4 is 0 Å². The fourth-order valence-corrected chi connectivity index (χ4v) is 6.64. The minimum atomic E-state index is -0.292. The number of carbonyl (C=O) groups excluding carboxylic acids is 4. The number of hydrogen-bond donors (Lipinski definition) is 1. The van der Waals surface area contributed by atoms with Crippen LogP contribution in [0.15, 0.2) is 72.8 Å². The van der Waals surface area contributed by atoms with Crippen molar-refractivity contribution < 1.29 is 24.3 Å². The van der Waals surface area contributed by atoms with Gasteiger partial charge in [-0.2, -0.15) is 0 Å². The molecule has 232 valence electrons. The van der Waals surface area contributed by atoms with Crippen LogP contribution in [0.3, 0.4) is 0 Å². The van der Waals surface area contributed by atoms with Crippen molar-refractivity contribution in [2.45, 2.75) is 26.3 Å². The zero-order valence-corrected chi connectivity index (χ0v) is 25.7. The molecule has 45 heavy (non-hydrogen) atoms. The van der Waals surface area contributed by atoms with Gasteiger partial charge in [-0.15, -0.1) is 0 Å². The van der Waals surface area contributed by atoms with Gasteiger partial charge in [-0.3, -0.25) is 38.8 Å². The average molecular weight is 607 g/mol. The Labute approximate surface area is 262 Å². The minimum Gasteiger partial charge on any atom is -0.395 e. The summed E-state index contributed by atoms with van der Waals surface area (Å²) in [5.41, 5.74) is 2.19. The third-order valence-corrected chi connectivity index (χ3v) is 9.03. The van der Waals surface area contributed by atoms with Crippen LogP contribution in [0.25, 0.3) is 21.5 Å². The summed E-state index contributed by atoms with van der Waals surface area (Å²) in [7, 11) is 0. The quantitative estimate of drug-likeness (QED) is 0.227. The number of aliphatic hydroxyl groups is 1.